The van der Waals surface area contributed by atoms with Crippen LogP contribution in [0.1, 0.15) is 52.9 Å². The van der Waals surface area contributed by atoms with E-state index in [9.17, 15) is 9.18 Å². The van der Waals surface area contributed by atoms with Crippen LogP contribution >= 0.6 is 0 Å². The van der Waals surface area contributed by atoms with Gasteiger partial charge in [-0.3, -0.25) is 4.79 Å². The number of aromatic amines is 1. The minimum atomic E-state index is -0.810. The van der Waals surface area contributed by atoms with E-state index in [1.54, 1.807) is 31.6 Å². The molecule has 0 atom stereocenters. The number of ether oxygens (including phenoxy) is 1. The number of nitrogens with zero attached hydrogens (tertiary/aromatic N) is 4. The quantitative estimate of drug-likeness (QED) is 0.326. The van der Waals surface area contributed by atoms with Gasteiger partial charge in [-0.15, -0.1) is 0 Å². The summed E-state index contributed by atoms with van der Waals surface area (Å²) in [7, 11) is 1.54. The van der Waals surface area contributed by atoms with Gasteiger partial charge in [-0.25, -0.2) is 19.9 Å². The summed E-state index contributed by atoms with van der Waals surface area (Å²) in [6, 6.07) is 7.02. The van der Waals surface area contributed by atoms with E-state index < -0.39 is 11.7 Å². The second kappa shape index (κ2) is 8.93. The zero-order valence-electron chi connectivity index (χ0n) is 18.1. The first-order chi connectivity index (χ1) is 16.1. The third-order valence-electron chi connectivity index (χ3n) is 5.95. The summed E-state index contributed by atoms with van der Waals surface area (Å²) in [6.45, 7) is 0. The number of carbonyl (C=O) groups excluding carboxylic acids is 1. The molecule has 4 aromatic heterocycles. The van der Waals surface area contributed by atoms with Gasteiger partial charge in [-0.1, -0.05) is 18.9 Å². The molecule has 168 valence electrons. The molecule has 33 heavy (non-hydrogen) atoms. The Morgan fingerprint density at radius 3 is 2.73 bits per heavy atom. The minimum Gasteiger partial charge on any atom is -0.481 e. The normalized spacial score (nSPS) is 14.0. The number of ketones is 1. The van der Waals surface area contributed by atoms with Crippen LogP contribution in [-0.4, -0.2) is 43.9 Å². The summed E-state index contributed by atoms with van der Waals surface area (Å²) in [5.41, 5.74) is 2.12. The molecular formula is C24H23FN6O2. The van der Waals surface area contributed by atoms with Crippen LogP contribution in [0.25, 0.3) is 11.0 Å². The van der Waals surface area contributed by atoms with Crippen LogP contribution in [0.5, 0.6) is 5.88 Å². The fourth-order valence-corrected chi connectivity index (χ4v) is 4.25. The number of rotatable bonds is 7. The molecule has 0 bridgehead atoms. The minimum absolute atomic E-state index is 0.0943. The number of carbonyl (C=O) groups is 1. The van der Waals surface area contributed by atoms with Gasteiger partial charge in [0.2, 0.25) is 11.8 Å². The monoisotopic (exact) mass is 446 g/mol. The molecule has 0 unspecified atom stereocenters. The Hall–Kier alpha value is -3.88. The van der Waals surface area contributed by atoms with E-state index in [-0.39, 0.29) is 5.56 Å². The topological polar surface area (TPSA) is 106 Å². The Balaban J connectivity index is 1.42. The number of pyridine rings is 2. The number of fused-ring (bicyclic) bond motifs is 1. The highest BCUT2D eigenvalue weighted by Gasteiger charge is 2.24. The van der Waals surface area contributed by atoms with Crippen molar-refractivity contribution >= 4 is 22.6 Å². The van der Waals surface area contributed by atoms with Crippen molar-refractivity contribution < 1.29 is 13.9 Å². The zero-order valence-corrected chi connectivity index (χ0v) is 18.1. The van der Waals surface area contributed by atoms with E-state index in [4.69, 9.17) is 4.74 Å². The summed E-state index contributed by atoms with van der Waals surface area (Å²) in [5, 5.41) is 4.00. The van der Waals surface area contributed by atoms with Gasteiger partial charge in [-0.05, 0) is 30.5 Å². The lowest BCUT2D eigenvalue weighted by Crippen LogP contribution is -2.16. The third kappa shape index (κ3) is 4.26. The van der Waals surface area contributed by atoms with Crippen LogP contribution in [0.15, 0.2) is 43.0 Å². The van der Waals surface area contributed by atoms with Crippen molar-refractivity contribution in [1.29, 1.82) is 0 Å². The van der Waals surface area contributed by atoms with Crippen molar-refractivity contribution in [2.45, 2.75) is 38.1 Å². The Kier molecular flexibility index (Phi) is 5.68. The van der Waals surface area contributed by atoms with Crippen LogP contribution in [-0.2, 0) is 6.42 Å². The Bertz CT molecular complexity index is 1300. The van der Waals surface area contributed by atoms with E-state index >= 15 is 0 Å². The summed E-state index contributed by atoms with van der Waals surface area (Å²) in [6.07, 6.45) is 9.50. The van der Waals surface area contributed by atoms with Crippen LogP contribution in [0.2, 0.25) is 0 Å². The largest absolute Gasteiger partial charge is 0.481 e. The number of nitrogens with one attached hydrogen (secondary N) is 2. The summed E-state index contributed by atoms with van der Waals surface area (Å²) < 4.78 is 20.0. The molecule has 1 fully saturated rings. The van der Waals surface area contributed by atoms with Crippen molar-refractivity contribution in [3.8, 4) is 5.88 Å². The zero-order chi connectivity index (χ0) is 22.8. The van der Waals surface area contributed by atoms with E-state index in [1.807, 2.05) is 6.07 Å². The van der Waals surface area contributed by atoms with Crippen LogP contribution < -0.4 is 10.1 Å². The summed E-state index contributed by atoms with van der Waals surface area (Å²) in [5.74, 6) is -0.180. The van der Waals surface area contributed by atoms with Crippen molar-refractivity contribution in [2.24, 2.45) is 0 Å². The molecule has 1 aliphatic rings. The highest BCUT2D eigenvalue weighted by atomic mass is 19.1. The molecule has 0 amide bonds. The van der Waals surface area contributed by atoms with Crippen molar-refractivity contribution in [2.75, 3.05) is 12.4 Å². The molecule has 1 saturated carbocycles. The van der Waals surface area contributed by atoms with Gasteiger partial charge in [-0.2, -0.15) is 4.39 Å². The van der Waals surface area contributed by atoms with Crippen molar-refractivity contribution in [3.05, 3.63) is 71.3 Å². The van der Waals surface area contributed by atoms with E-state index in [0.717, 1.165) is 18.4 Å². The molecule has 5 rings (SSSR count). The van der Waals surface area contributed by atoms with Crippen molar-refractivity contribution in [1.82, 2.24) is 24.9 Å². The molecule has 4 aromatic rings. The van der Waals surface area contributed by atoms with Crippen molar-refractivity contribution in [3.63, 3.8) is 0 Å². The lowest BCUT2D eigenvalue weighted by molar-refractivity contribution is 0.103. The van der Waals surface area contributed by atoms with Gasteiger partial charge in [0.05, 0.1) is 23.6 Å². The fraction of sp³-hybridized carbons (Fsp3) is 0.292. The predicted molar refractivity (Wildman–Crippen MR) is 121 cm³/mol. The lowest BCUT2D eigenvalue weighted by atomic mass is 10.0. The molecule has 2 N–H and O–H groups in total. The van der Waals surface area contributed by atoms with Crippen LogP contribution in [0.3, 0.4) is 0 Å². The predicted octanol–water partition coefficient (Wildman–Crippen LogP) is 4.07. The highest BCUT2D eigenvalue weighted by molar-refractivity contribution is 6.18. The molecule has 0 aromatic carbocycles. The van der Waals surface area contributed by atoms with Gasteiger partial charge in [0.15, 0.2) is 5.78 Å². The maximum absolute atomic E-state index is 14.9. The molecule has 1 aliphatic carbocycles. The molecule has 4 heterocycles. The fourth-order valence-electron chi connectivity index (χ4n) is 4.25. The van der Waals surface area contributed by atoms with Gasteiger partial charge in [0.25, 0.3) is 0 Å². The third-order valence-corrected chi connectivity index (χ3v) is 5.95. The molecule has 8 nitrogen and oxygen atoms in total. The molecule has 0 aliphatic heterocycles. The molecule has 0 radical (unpaired) electrons. The highest BCUT2D eigenvalue weighted by Crippen LogP contribution is 2.29. The standard InChI is InChI=1S/C24H23FN6O2/c1-33-19-9-6-14(11-26-19)10-16-7-8-17(22(25)30-16)21(32)18-12-27-23-20(18)24(29-13-28-23)31-15-4-2-3-5-15/h6-9,11-13,15H,2-5,10H2,1H3,(H2,27,28,29,31). The number of H-pyrrole nitrogens is 1. The van der Waals surface area contributed by atoms with Crippen LogP contribution in [0, 0.1) is 5.95 Å². The average molecular weight is 446 g/mol. The number of aromatic nitrogens is 5. The van der Waals surface area contributed by atoms with E-state index in [0.29, 0.717) is 46.5 Å². The summed E-state index contributed by atoms with van der Waals surface area (Å²) in [4.78, 5) is 33.0. The SMILES string of the molecule is COc1ccc(Cc2ccc(C(=O)c3c[nH]c4ncnc(NC5CCCC5)c34)c(F)n2)cn1. The first-order valence-corrected chi connectivity index (χ1v) is 10.9. The molecule has 0 saturated heterocycles. The van der Waals surface area contributed by atoms with Gasteiger partial charge in [0, 0.05) is 36.6 Å². The average Bonchev–Trinajstić information content (AvgIpc) is 3.50. The Morgan fingerprint density at radius 1 is 1.15 bits per heavy atom. The maximum Gasteiger partial charge on any atom is 0.224 e. The second-order valence-corrected chi connectivity index (χ2v) is 8.13. The maximum atomic E-state index is 14.9. The number of halogens is 1. The molecule has 9 heteroatoms. The van der Waals surface area contributed by atoms with Gasteiger partial charge < -0.3 is 15.0 Å². The number of hydrogen-bond donors (Lipinski definition) is 2. The molecule has 0 spiro atoms. The Morgan fingerprint density at radius 2 is 2.00 bits per heavy atom. The van der Waals surface area contributed by atoms with E-state index in [2.05, 4.69) is 30.2 Å². The number of methoxy groups -OCH3 is 1. The molecular weight excluding hydrogens is 423 g/mol. The second-order valence-electron chi connectivity index (χ2n) is 8.13. The van der Waals surface area contributed by atoms with Gasteiger partial charge in [0.1, 0.15) is 17.8 Å². The number of anilines is 1. The summed E-state index contributed by atoms with van der Waals surface area (Å²) >= 11 is 0. The number of hydrogen-bond acceptors (Lipinski definition) is 7. The lowest BCUT2D eigenvalue weighted by Gasteiger charge is -2.13. The smallest absolute Gasteiger partial charge is 0.224 e. The Labute approximate surface area is 189 Å². The first kappa shape index (κ1) is 21.0. The van der Waals surface area contributed by atoms with E-state index in [1.165, 1.54) is 25.2 Å². The van der Waals surface area contributed by atoms with Gasteiger partial charge >= 0.3 is 0 Å². The van der Waals surface area contributed by atoms with Crippen LogP contribution in [0.4, 0.5) is 10.2 Å². The first-order valence-electron chi connectivity index (χ1n) is 10.9.